The van der Waals surface area contributed by atoms with E-state index in [1.54, 1.807) is 18.1 Å². The first-order valence-corrected chi connectivity index (χ1v) is 14.5. The first-order chi connectivity index (χ1) is 18.9. The number of hydrogen-bond acceptors (Lipinski definition) is 5. The van der Waals surface area contributed by atoms with Crippen molar-refractivity contribution in [1.29, 1.82) is 0 Å². The number of likely N-dealkylation sites (tertiary alicyclic amines) is 1. The van der Waals surface area contributed by atoms with Crippen LogP contribution in [0.4, 0.5) is 0 Å². The zero-order chi connectivity index (χ0) is 32.2. The molecule has 1 aliphatic rings. The average Bonchev–Trinajstić information content (AvgIpc) is 3.22. The van der Waals surface area contributed by atoms with Gasteiger partial charge in [-0.05, 0) is 82.4 Å². The SMILES string of the molecule is C=C/C(C)=C\C=C/C.CO.COc1cc(C(=O)N2C[C@@H](C)C[C@@]2(CC(C)C)C(=O)OC(C)(C)C)ccc1C(C)(C)C. The van der Waals surface area contributed by atoms with Crippen molar-refractivity contribution < 1.29 is 24.2 Å². The number of nitrogens with zero attached hydrogens (tertiary/aromatic N) is 1. The van der Waals surface area contributed by atoms with Crippen molar-refractivity contribution in [2.45, 2.75) is 106 Å². The fourth-order valence-electron chi connectivity index (χ4n) is 4.95. The molecule has 6 nitrogen and oxygen atoms in total. The van der Waals surface area contributed by atoms with Crippen LogP contribution in [0.25, 0.3) is 0 Å². The van der Waals surface area contributed by atoms with E-state index < -0.39 is 11.1 Å². The number of benzene rings is 1. The Balaban J connectivity index is 0.00000138. The summed E-state index contributed by atoms with van der Waals surface area (Å²) in [4.78, 5) is 29.0. The van der Waals surface area contributed by atoms with Crippen LogP contribution in [-0.2, 0) is 14.9 Å². The molecule has 0 aliphatic carbocycles. The summed E-state index contributed by atoms with van der Waals surface area (Å²) in [6.07, 6.45) is 9.04. The van der Waals surface area contributed by atoms with Gasteiger partial charge in [-0.1, -0.05) is 84.1 Å². The normalized spacial score (nSPS) is 19.2. The number of amides is 1. The van der Waals surface area contributed by atoms with Crippen LogP contribution in [0.15, 0.2) is 54.7 Å². The van der Waals surface area contributed by atoms with Gasteiger partial charge < -0.3 is 19.5 Å². The summed E-state index contributed by atoms with van der Waals surface area (Å²) < 4.78 is 11.5. The third-order valence-corrected chi connectivity index (χ3v) is 6.60. The quantitative estimate of drug-likeness (QED) is 0.266. The number of methoxy groups -OCH3 is 1. The second-order valence-electron chi connectivity index (χ2n) is 13.2. The molecular weight excluding hydrogens is 514 g/mol. The Bertz CT molecular complexity index is 1060. The van der Waals surface area contributed by atoms with Gasteiger partial charge in [-0.3, -0.25) is 4.79 Å². The number of carbonyl (C=O) groups excluding carboxylic acids is 2. The maximum absolute atomic E-state index is 13.8. The lowest BCUT2D eigenvalue weighted by atomic mass is 9.83. The van der Waals surface area contributed by atoms with Crippen molar-refractivity contribution in [2.75, 3.05) is 20.8 Å². The van der Waals surface area contributed by atoms with E-state index in [1.165, 1.54) is 5.57 Å². The van der Waals surface area contributed by atoms with E-state index in [0.717, 1.165) is 12.7 Å². The predicted octanol–water partition coefficient (Wildman–Crippen LogP) is 7.90. The highest BCUT2D eigenvalue weighted by molar-refractivity contribution is 5.99. The van der Waals surface area contributed by atoms with Crippen molar-refractivity contribution in [3.05, 3.63) is 65.8 Å². The smallest absolute Gasteiger partial charge is 0.332 e. The summed E-state index contributed by atoms with van der Waals surface area (Å²) in [6.45, 7) is 26.4. The second kappa shape index (κ2) is 16.5. The highest BCUT2D eigenvalue weighted by Crippen LogP contribution is 2.41. The van der Waals surface area contributed by atoms with Crippen LogP contribution in [0.5, 0.6) is 5.75 Å². The molecule has 232 valence electrons. The van der Waals surface area contributed by atoms with Crippen LogP contribution in [0, 0.1) is 11.8 Å². The summed E-state index contributed by atoms with van der Waals surface area (Å²) in [5.41, 5.74) is 1.11. The van der Waals surface area contributed by atoms with Crippen molar-refractivity contribution >= 4 is 11.9 Å². The molecule has 1 aromatic carbocycles. The molecule has 0 bridgehead atoms. The first kappa shape index (κ1) is 38.1. The monoisotopic (exact) mass is 571 g/mol. The number of carbonyl (C=O) groups is 2. The van der Waals surface area contributed by atoms with E-state index >= 15 is 0 Å². The van der Waals surface area contributed by atoms with E-state index in [9.17, 15) is 9.59 Å². The fourth-order valence-corrected chi connectivity index (χ4v) is 4.95. The summed E-state index contributed by atoms with van der Waals surface area (Å²) >= 11 is 0. The molecule has 0 radical (unpaired) electrons. The third kappa shape index (κ3) is 11.5. The van der Waals surface area contributed by atoms with Gasteiger partial charge in [-0.25, -0.2) is 4.79 Å². The molecule has 6 heteroatoms. The molecule has 2 rings (SSSR count). The van der Waals surface area contributed by atoms with Crippen molar-refractivity contribution in [3.63, 3.8) is 0 Å². The minimum atomic E-state index is -0.951. The Labute approximate surface area is 250 Å². The number of esters is 1. The molecule has 0 unspecified atom stereocenters. The van der Waals surface area contributed by atoms with Crippen LogP contribution >= 0.6 is 0 Å². The van der Waals surface area contributed by atoms with Gasteiger partial charge in [0.05, 0.1) is 7.11 Å². The van der Waals surface area contributed by atoms with Crippen LogP contribution < -0.4 is 4.74 Å². The molecule has 2 atom stereocenters. The van der Waals surface area contributed by atoms with E-state index in [1.807, 2.05) is 71.1 Å². The molecule has 41 heavy (non-hydrogen) atoms. The van der Waals surface area contributed by atoms with Crippen molar-refractivity contribution in [1.82, 2.24) is 4.90 Å². The lowest BCUT2D eigenvalue weighted by molar-refractivity contribution is -0.168. The van der Waals surface area contributed by atoms with E-state index in [4.69, 9.17) is 14.6 Å². The first-order valence-electron chi connectivity index (χ1n) is 14.5. The standard InChI is InChI=1S/C26H41NO4.C8H12.CH4O/c1-17(2)14-26(23(29)31-25(7,8)9)15-18(3)16-27(26)22(28)19-11-12-20(24(4,5)6)21(13-19)30-10;1-4-6-7-8(3)5-2;1-2/h11-13,17-18H,14-16H2,1-10H3;4-7H,2H2,1,3H3;2H,1H3/b;6-4-,8-7-;/t18-,26-;;/m0../s1. The number of aliphatic hydroxyl groups is 1. The van der Waals surface area contributed by atoms with E-state index in [2.05, 4.69) is 48.1 Å². The number of allylic oxidation sites excluding steroid dienone is 5. The van der Waals surface area contributed by atoms with Gasteiger partial charge in [0.2, 0.25) is 0 Å². The summed E-state index contributed by atoms with van der Waals surface area (Å²) in [7, 11) is 2.63. The molecule has 1 heterocycles. The third-order valence-electron chi connectivity index (χ3n) is 6.60. The van der Waals surface area contributed by atoms with Crippen molar-refractivity contribution in [3.8, 4) is 5.75 Å². The van der Waals surface area contributed by atoms with Gasteiger partial charge in [-0.2, -0.15) is 0 Å². The van der Waals surface area contributed by atoms with E-state index in [0.29, 0.717) is 30.7 Å². The van der Waals surface area contributed by atoms with Crippen LogP contribution in [0.2, 0.25) is 0 Å². The molecule has 0 spiro atoms. The molecule has 1 N–H and O–H groups in total. The Morgan fingerprint density at radius 3 is 2.20 bits per heavy atom. The Kier molecular flexibility index (Phi) is 15.4. The number of aliphatic hydroxyl groups excluding tert-OH is 1. The van der Waals surface area contributed by atoms with Gasteiger partial charge in [0.25, 0.3) is 5.91 Å². The molecule has 1 amide bonds. The van der Waals surface area contributed by atoms with Crippen LogP contribution in [-0.4, -0.2) is 53.8 Å². The van der Waals surface area contributed by atoms with Gasteiger partial charge in [0, 0.05) is 19.2 Å². The predicted molar refractivity (Wildman–Crippen MR) is 171 cm³/mol. The highest BCUT2D eigenvalue weighted by atomic mass is 16.6. The molecule has 1 fully saturated rings. The molecule has 0 saturated carbocycles. The minimum Gasteiger partial charge on any atom is -0.496 e. The van der Waals surface area contributed by atoms with Crippen molar-refractivity contribution in [2.24, 2.45) is 11.8 Å². The molecule has 1 aromatic rings. The average molecular weight is 572 g/mol. The van der Waals surface area contributed by atoms with Gasteiger partial charge >= 0.3 is 5.97 Å². The Morgan fingerprint density at radius 1 is 1.17 bits per heavy atom. The largest absolute Gasteiger partial charge is 0.496 e. The zero-order valence-electron chi connectivity index (χ0n) is 28.1. The molecule has 0 aromatic heterocycles. The number of rotatable bonds is 7. The second-order valence-corrected chi connectivity index (χ2v) is 13.2. The van der Waals surface area contributed by atoms with Crippen LogP contribution in [0.1, 0.15) is 105 Å². The maximum Gasteiger partial charge on any atom is 0.332 e. The molecular formula is C35H57NO5. The lowest BCUT2D eigenvalue weighted by Gasteiger charge is -2.39. The number of hydrogen-bond donors (Lipinski definition) is 1. The fraction of sp³-hybridized carbons (Fsp3) is 0.600. The minimum absolute atomic E-state index is 0.104. The maximum atomic E-state index is 13.8. The zero-order valence-corrected chi connectivity index (χ0v) is 28.1. The topological polar surface area (TPSA) is 76.1 Å². The Hall–Kier alpha value is -2.86. The lowest BCUT2D eigenvalue weighted by Crippen LogP contribution is -2.55. The van der Waals surface area contributed by atoms with Crippen LogP contribution in [0.3, 0.4) is 0 Å². The summed E-state index contributed by atoms with van der Waals surface area (Å²) in [6, 6.07) is 5.62. The number of ether oxygens (including phenoxy) is 2. The van der Waals surface area contributed by atoms with Gasteiger partial charge in [0.1, 0.15) is 16.9 Å². The Morgan fingerprint density at radius 2 is 1.76 bits per heavy atom. The molecule has 1 aliphatic heterocycles. The van der Waals surface area contributed by atoms with E-state index in [-0.39, 0.29) is 29.1 Å². The molecule has 1 saturated heterocycles. The summed E-state index contributed by atoms with van der Waals surface area (Å²) in [5, 5.41) is 7.00. The van der Waals surface area contributed by atoms with Gasteiger partial charge in [0.15, 0.2) is 0 Å². The highest BCUT2D eigenvalue weighted by Gasteiger charge is 2.54. The van der Waals surface area contributed by atoms with Gasteiger partial charge in [-0.15, -0.1) is 0 Å². The summed E-state index contributed by atoms with van der Waals surface area (Å²) in [5.74, 6) is 0.702.